The summed E-state index contributed by atoms with van der Waals surface area (Å²) in [6.45, 7) is -0.612. The van der Waals surface area contributed by atoms with Gasteiger partial charge in [-0.1, -0.05) is 55.0 Å². The second-order valence-electron chi connectivity index (χ2n) is 8.66. The highest BCUT2D eigenvalue weighted by atomic mass is 16.5. The number of ether oxygens (including phenoxy) is 1. The molecule has 2 aliphatic carbocycles. The molecule has 0 unspecified atom stereocenters. The third kappa shape index (κ3) is 4.57. The Morgan fingerprint density at radius 3 is 2.15 bits per heavy atom. The standard InChI is InChI=1S/C25H28N2O6/c28-13-12-27(14-22(29)30)23(31)25(10-5-11-25)16-26-24(32)33-15-21-19-8-3-1-6-17(19)18-7-2-4-9-20(18)21/h1-4,6-9,21,28H,5,10-16H2,(H,26,32)(H,29,30). The summed E-state index contributed by atoms with van der Waals surface area (Å²) in [5.41, 5.74) is 3.67. The maximum absolute atomic E-state index is 13.0. The van der Waals surface area contributed by atoms with Crippen LogP contribution in [-0.4, -0.2) is 65.9 Å². The van der Waals surface area contributed by atoms with Gasteiger partial charge >= 0.3 is 12.1 Å². The summed E-state index contributed by atoms with van der Waals surface area (Å²) in [6, 6.07) is 16.1. The summed E-state index contributed by atoms with van der Waals surface area (Å²) in [7, 11) is 0. The van der Waals surface area contributed by atoms with Gasteiger partial charge in [0.15, 0.2) is 0 Å². The number of carboxylic acids is 1. The Labute approximate surface area is 192 Å². The van der Waals surface area contributed by atoms with E-state index >= 15 is 0 Å². The number of amides is 2. The number of carbonyl (C=O) groups excluding carboxylic acids is 2. The quantitative estimate of drug-likeness (QED) is 0.539. The summed E-state index contributed by atoms with van der Waals surface area (Å²) < 4.78 is 5.55. The Morgan fingerprint density at radius 2 is 1.64 bits per heavy atom. The van der Waals surface area contributed by atoms with Crippen LogP contribution in [0.15, 0.2) is 48.5 Å². The molecule has 2 aliphatic rings. The number of fused-ring (bicyclic) bond motifs is 3. The monoisotopic (exact) mass is 452 g/mol. The predicted octanol–water partition coefficient (Wildman–Crippen LogP) is 2.60. The summed E-state index contributed by atoms with van der Waals surface area (Å²) in [4.78, 5) is 37.7. The first-order chi connectivity index (χ1) is 15.9. The lowest BCUT2D eigenvalue weighted by Gasteiger charge is -2.43. The van der Waals surface area contributed by atoms with E-state index in [1.165, 1.54) is 0 Å². The molecule has 8 nitrogen and oxygen atoms in total. The molecule has 0 aromatic heterocycles. The fourth-order valence-corrected chi connectivity index (χ4v) is 4.83. The molecule has 2 aromatic rings. The molecule has 33 heavy (non-hydrogen) atoms. The number of aliphatic hydroxyl groups excluding tert-OH is 1. The average molecular weight is 453 g/mol. The van der Waals surface area contributed by atoms with Crippen LogP contribution in [-0.2, 0) is 14.3 Å². The number of carbonyl (C=O) groups is 3. The Hall–Kier alpha value is -3.39. The van der Waals surface area contributed by atoms with E-state index in [1.54, 1.807) is 0 Å². The van der Waals surface area contributed by atoms with Crippen molar-refractivity contribution in [2.45, 2.75) is 25.2 Å². The van der Waals surface area contributed by atoms with Crippen molar-refractivity contribution in [1.29, 1.82) is 0 Å². The minimum atomic E-state index is -1.14. The second kappa shape index (κ2) is 9.62. The van der Waals surface area contributed by atoms with Gasteiger partial charge in [-0.05, 0) is 35.1 Å². The Kier molecular flexibility index (Phi) is 6.65. The van der Waals surface area contributed by atoms with Crippen LogP contribution in [0.25, 0.3) is 11.1 Å². The molecule has 2 amide bonds. The Morgan fingerprint density at radius 1 is 1.03 bits per heavy atom. The van der Waals surface area contributed by atoms with Crippen LogP contribution in [0.4, 0.5) is 4.79 Å². The van der Waals surface area contributed by atoms with Crippen LogP contribution in [0.1, 0.15) is 36.3 Å². The molecule has 1 fully saturated rings. The zero-order valence-corrected chi connectivity index (χ0v) is 18.3. The highest BCUT2D eigenvalue weighted by Crippen LogP contribution is 2.45. The normalized spacial score (nSPS) is 15.7. The van der Waals surface area contributed by atoms with Crippen LogP contribution in [0, 0.1) is 5.41 Å². The van der Waals surface area contributed by atoms with Crippen LogP contribution in [0.3, 0.4) is 0 Å². The number of benzene rings is 2. The van der Waals surface area contributed by atoms with Crippen molar-refractivity contribution in [2.24, 2.45) is 5.41 Å². The number of nitrogens with zero attached hydrogens (tertiary/aromatic N) is 1. The van der Waals surface area contributed by atoms with E-state index in [0.29, 0.717) is 12.8 Å². The number of hydrogen-bond acceptors (Lipinski definition) is 5. The molecule has 0 radical (unpaired) electrons. The molecule has 0 heterocycles. The first-order valence-corrected chi connectivity index (χ1v) is 11.2. The van der Waals surface area contributed by atoms with Gasteiger partial charge in [0.25, 0.3) is 0 Å². The van der Waals surface area contributed by atoms with Crippen molar-refractivity contribution in [3.05, 3.63) is 59.7 Å². The van der Waals surface area contributed by atoms with E-state index in [-0.39, 0.29) is 38.1 Å². The molecular formula is C25H28N2O6. The van der Waals surface area contributed by atoms with Crippen LogP contribution in [0.2, 0.25) is 0 Å². The molecule has 4 rings (SSSR count). The van der Waals surface area contributed by atoms with E-state index in [9.17, 15) is 19.5 Å². The minimum Gasteiger partial charge on any atom is -0.480 e. The summed E-state index contributed by atoms with van der Waals surface area (Å²) in [5, 5.41) is 21.0. The molecule has 3 N–H and O–H groups in total. The Balaban J connectivity index is 1.37. The lowest BCUT2D eigenvalue weighted by atomic mass is 9.67. The molecular weight excluding hydrogens is 424 g/mol. The van der Waals surface area contributed by atoms with Gasteiger partial charge in [-0.25, -0.2) is 4.79 Å². The van der Waals surface area contributed by atoms with Gasteiger partial charge in [0, 0.05) is 19.0 Å². The van der Waals surface area contributed by atoms with Crippen molar-refractivity contribution in [1.82, 2.24) is 10.2 Å². The number of alkyl carbamates (subject to hydrolysis) is 1. The number of aliphatic hydroxyl groups is 1. The fourth-order valence-electron chi connectivity index (χ4n) is 4.83. The molecule has 0 bridgehead atoms. The molecule has 8 heteroatoms. The zero-order valence-electron chi connectivity index (χ0n) is 18.3. The summed E-state index contributed by atoms with van der Waals surface area (Å²) in [5.74, 6) is -1.56. The first kappa shape index (κ1) is 22.8. The minimum absolute atomic E-state index is 0.0574. The van der Waals surface area contributed by atoms with Gasteiger partial charge in [0.2, 0.25) is 5.91 Å². The van der Waals surface area contributed by atoms with E-state index in [1.807, 2.05) is 36.4 Å². The van der Waals surface area contributed by atoms with Gasteiger partial charge < -0.3 is 25.2 Å². The lowest BCUT2D eigenvalue weighted by Crippen LogP contribution is -2.55. The number of rotatable bonds is 9. The predicted molar refractivity (Wildman–Crippen MR) is 121 cm³/mol. The largest absolute Gasteiger partial charge is 0.480 e. The summed E-state index contributed by atoms with van der Waals surface area (Å²) in [6.07, 6.45) is 1.31. The highest BCUT2D eigenvalue weighted by molar-refractivity contribution is 5.87. The fraction of sp³-hybridized carbons (Fsp3) is 0.400. The average Bonchev–Trinajstić information content (AvgIpc) is 3.10. The highest BCUT2D eigenvalue weighted by Gasteiger charge is 2.46. The molecule has 0 saturated heterocycles. The number of carboxylic acid groups (broad SMARTS) is 1. The number of nitrogens with one attached hydrogen (secondary N) is 1. The van der Waals surface area contributed by atoms with Crippen molar-refractivity contribution in [2.75, 3.05) is 32.8 Å². The first-order valence-electron chi connectivity index (χ1n) is 11.2. The third-order valence-electron chi connectivity index (χ3n) is 6.66. The number of hydrogen-bond donors (Lipinski definition) is 3. The van der Waals surface area contributed by atoms with Crippen LogP contribution >= 0.6 is 0 Å². The molecule has 174 valence electrons. The van der Waals surface area contributed by atoms with Crippen molar-refractivity contribution in [3.63, 3.8) is 0 Å². The third-order valence-corrected chi connectivity index (χ3v) is 6.66. The lowest BCUT2D eigenvalue weighted by molar-refractivity contribution is -0.153. The SMILES string of the molecule is O=C(O)CN(CCO)C(=O)C1(CNC(=O)OCC2c3ccccc3-c3ccccc32)CCC1. The van der Waals surface area contributed by atoms with E-state index < -0.39 is 24.0 Å². The maximum atomic E-state index is 13.0. The Bertz CT molecular complexity index is 1000. The summed E-state index contributed by atoms with van der Waals surface area (Å²) >= 11 is 0. The molecule has 0 aliphatic heterocycles. The van der Waals surface area contributed by atoms with Gasteiger partial charge in [-0.15, -0.1) is 0 Å². The van der Waals surface area contributed by atoms with Crippen molar-refractivity contribution in [3.8, 4) is 11.1 Å². The van der Waals surface area contributed by atoms with Gasteiger partial charge in [0.1, 0.15) is 13.2 Å². The molecule has 0 atom stereocenters. The van der Waals surface area contributed by atoms with Crippen molar-refractivity contribution < 1.29 is 29.3 Å². The van der Waals surface area contributed by atoms with Crippen LogP contribution in [0.5, 0.6) is 0 Å². The van der Waals surface area contributed by atoms with E-state index in [2.05, 4.69) is 17.4 Å². The topological polar surface area (TPSA) is 116 Å². The van der Waals surface area contributed by atoms with Gasteiger partial charge in [-0.3, -0.25) is 9.59 Å². The second-order valence-corrected chi connectivity index (χ2v) is 8.66. The molecule has 0 spiro atoms. The van der Waals surface area contributed by atoms with Crippen molar-refractivity contribution >= 4 is 18.0 Å². The smallest absolute Gasteiger partial charge is 0.407 e. The van der Waals surface area contributed by atoms with Crippen LogP contribution < -0.4 is 5.32 Å². The molecule has 1 saturated carbocycles. The molecule has 2 aromatic carbocycles. The van der Waals surface area contributed by atoms with Gasteiger partial charge in [0.05, 0.1) is 12.0 Å². The van der Waals surface area contributed by atoms with E-state index in [0.717, 1.165) is 33.6 Å². The zero-order chi connectivity index (χ0) is 23.4. The number of aliphatic carboxylic acids is 1. The van der Waals surface area contributed by atoms with E-state index in [4.69, 9.17) is 9.84 Å². The maximum Gasteiger partial charge on any atom is 0.407 e. The van der Waals surface area contributed by atoms with Gasteiger partial charge in [-0.2, -0.15) is 0 Å².